The number of nitrogens with zero attached hydrogens (tertiary/aromatic N) is 1. The summed E-state index contributed by atoms with van der Waals surface area (Å²) in [6.07, 6.45) is 1.01. The second-order valence-electron chi connectivity index (χ2n) is 5.11. The van der Waals surface area contributed by atoms with Gasteiger partial charge in [0.05, 0.1) is 6.04 Å². The molecule has 0 bridgehead atoms. The van der Waals surface area contributed by atoms with Gasteiger partial charge in [-0.05, 0) is 40.4 Å². The maximum atomic E-state index is 11.8. The van der Waals surface area contributed by atoms with Crippen LogP contribution in [-0.4, -0.2) is 50.6 Å². The molecule has 96 valence electrons. The van der Waals surface area contributed by atoms with Crippen molar-refractivity contribution in [2.75, 3.05) is 27.7 Å². The highest BCUT2D eigenvalue weighted by Crippen LogP contribution is 2.05. The zero-order chi connectivity index (χ0) is 12.7. The van der Waals surface area contributed by atoms with Crippen molar-refractivity contribution >= 4 is 5.91 Å². The Bertz CT molecular complexity index is 194. The van der Waals surface area contributed by atoms with E-state index in [4.69, 9.17) is 0 Å². The van der Waals surface area contributed by atoms with E-state index in [1.807, 2.05) is 21.0 Å². The van der Waals surface area contributed by atoms with Gasteiger partial charge in [0.25, 0.3) is 0 Å². The normalized spacial score (nSPS) is 15.2. The van der Waals surface area contributed by atoms with Crippen molar-refractivity contribution in [1.29, 1.82) is 0 Å². The van der Waals surface area contributed by atoms with Crippen LogP contribution in [0.15, 0.2) is 0 Å². The first-order valence-corrected chi connectivity index (χ1v) is 5.99. The molecule has 0 heterocycles. The highest BCUT2D eigenvalue weighted by molar-refractivity contribution is 5.81. The lowest BCUT2D eigenvalue weighted by Gasteiger charge is -2.25. The van der Waals surface area contributed by atoms with Crippen molar-refractivity contribution in [3.8, 4) is 0 Å². The zero-order valence-electron chi connectivity index (χ0n) is 11.5. The standard InChI is InChI=1S/C12H27N3O/c1-9(2)7-11(8-15(5)6)14-12(16)10(3)13-4/h9-11,13H,7-8H2,1-6H3,(H,14,16). The van der Waals surface area contributed by atoms with Gasteiger partial charge in [0.2, 0.25) is 5.91 Å². The molecule has 1 amide bonds. The van der Waals surface area contributed by atoms with Crippen LogP contribution in [0.3, 0.4) is 0 Å². The molecule has 0 aliphatic rings. The Hall–Kier alpha value is -0.610. The summed E-state index contributed by atoms with van der Waals surface area (Å²) < 4.78 is 0. The molecule has 4 nitrogen and oxygen atoms in total. The molecule has 0 saturated heterocycles. The molecule has 0 radical (unpaired) electrons. The van der Waals surface area contributed by atoms with Crippen molar-refractivity contribution in [2.24, 2.45) is 5.92 Å². The lowest BCUT2D eigenvalue weighted by atomic mass is 10.0. The summed E-state index contributed by atoms with van der Waals surface area (Å²) >= 11 is 0. The topological polar surface area (TPSA) is 44.4 Å². The van der Waals surface area contributed by atoms with Crippen LogP contribution in [0.4, 0.5) is 0 Å². The Balaban J connectivity index is 4.24. The summed E-state index contributed by atoms with van der Waals surface area (Å²) in [6, 6.07) is 0.107. The molecule has 0 saturated carbocycles. The average Bonchev–Trinajstić information content (AvgIpc) is 2.14. The number of hydrogen-bond acceptors (Lipinski definition) is 3. The monoisotopic (exact) mass is 229 g/mol. The van der Waals surface area contributed by atoms with Gasteiger partial charge in [-0.2, -0.15) is 0 Å². The van der Waals surface area contributed by atoms with Gasteiger partial charge in [0, 0.05) is 12.6 Å². The predicted molar refractivity (Wildman–Crippen MR) is 68.5 cm³/mol. The van der Waals surface area contributed by atoms with Gasteiger partial charge in [-0.25, -0.2) is 0 Å². The van der Waals surface area contributed by atoms with Gasteiger partial charge in [-0.1, -0.05) is 13.8 Å². The summed E-state index contributed by atoms with van der Waals surface area (Å²) in [7, 11) is 5.86. The van der Waals surface area contributed by atoms with E-state index < -0.39 is 0 Å². The Morgan fingerprint density at radius 1 is 1.25 bits per heavy atom. The van der Waals surface area contributed by atoms with Gasteiger partial charge in [-0.15, -0.1) is 0 Å². The molecule has 16 heavy (non-hydrogen) atoms. The van der Waals surface area contributed by atoms with E-state index in [9.17, 15) is 4.79 Å². The fourth-order valence-corrected chi connectivity index (χ4v) is 1.65. The third-order valence-corrected chi connectivity index (χ3v) is 2.51. The first-order valence-electron chi connectivity index (χ1n) is 5.99. The largest absolute Gasteiger partial charge is 0.351 e. The van der Waals surface area contributed by atoms with E-state index in [2.05, 4.69) is 29.4 Å². The minimum absolute atomic E-state index is 0.0787. The van der Waals surface area contributed by atoms with Crippen LogP contribution in [0.1, 0.15) is 27.2 Å². The van der Waals surface area contributed by atoms with Crippen LogP contribution in [0.2, 0.25) is 0 Å². The number of amides is 1. The molecule has 0 aromatic heterocycles. The van der Waals surface area contributed by atoms with Crippen molar-refractivity contribution in [3.63, 3.8) is 0 Å². The number of carbonyl (C=O) groups excluding carboxylic acids is 1. The zero-order valence-corrected chi connectivity index (χ0v) is 11.5. The number of hydrogen-bond donors (Lipinski definition) is 2. The fourth-order valence-electron chi connectivity index (χ4n) is 1.65. The van der Waals surface area contributed by atoms with Gasteiger partial charge < -0.3 is 15.5 Å². The van der Waals surface area contributed by atoms with E-state index in [0.717, 1.165) is 13.0 Å². The molecule has 2 N–H and O–H groups in total. The highest BCUT2D eigenvalue weighted by atomic mass is 16.2. The van der Waals surface area contributed by atoms with Gasteiger partial charge in [0.1, 0.15) is 0 Å². The molecule has 0 rings (SSSR count). The van der Waals surface area contributed by atoms with Crippen LogP contribution < -0.4 is 10.6 Å². The van der Waals surface area contributed by atoms with E-state index in [0.29, 0.717) is 5.92 Å². The summed E-state index contributed by atoms with van der Waals surface area (Å²) in [6.45, 7) is 7.12. The maximum Gasteiger partial charge on any atom is 0.237 e. The molecule has 0 aromatic rings. The molecule has 0 fully saturated rings. The second kappa shape index (κ2) is 7.63. The Labute approximate surface area is 99.8 Å². The first kappa shape index (κ1) is 15.4. The number of likely N-dealkylation sites (N-methyl/N-ethyl adjacent to an activating group) is 2. The Kier molecular flexibility index (Phi) is 7.34. The summed E-state index contributed by atoms with van der Waals surface area (Å²) in [4.78, 5) is 13.9. The molecule has 0 aromatic carbocycles. The number of carbonyl (C=O) groups is 1. The summed E-state index contributed by atoms with van der Waals surface area (Å²) in [5.41, 5.74) is 0. The van der Waals surface area contributed by atoms with E-state index in [1.165, 1.54) is 0 Å². The quantitative estimate of drug-likeness (QED) is 0.675. The van der Waals surface area contributed by atoms with Gasteiger partial charge in [0.15, 0.2) is 0 Å². The molecule has 2 atom stereocenters. The van der Waals surface area contributed by atoms with Gasteiger partial charge >= 0.3 is 0 Å². The smallest absolute Gasteiger partial charge is 0.237 e. The van der Waals surface area contributed by atoms with Crippen LogP contribution in [0.5, 0.6) is 0 Å². The number of rotatable bonds is 7. The Morgan fingerprint density at radius 3 is 2.19 bits per heavy atom. The minimum Gasteiger partial charge on any atom is -0.351 e. The average molecular weight is 229 g/mol. The SMILES string of the molecule is CNC(C)C(=O)NC(CC(C)C)CN(C)C. The van der Waals surface area contributed by atoms with Gasteiger partial charge in [-0.3, -0.25) is 4.79 Å². The lowest BCUT2D eigenvalue weighted by molar-refractivity contribution is -0.123. The lowest BCUT2D eigenvalue weighted by Crippen LogP contribution is -2.48. The molecular weight excluding hydrogens is 202 g/mol. The van der Waals surface area contributed by atoms with Crippen LogP contribution in [0.25, 0.3) is 0 Å². The van der Waals surface area contributed by atoms with Crippen molar-refractivity contribution in [3.05, 3.63) is 0 Å². The minimum atomic E-state index is -0.128. The molecule has 0 aliphatic carbocycles. The highest BCUT2D eigenvalue weighted by Gasteiger charge is 2.17. The van der Waals surface area contributed by atoms with Crippen LogP contribution >= 0.6 is 0 Å². The second-order valence-corrected chi connectivity index (χ2v) is 5.11. The molecule has 4 heteroatoms. The third-order valence-electron chi connectivity index (χ3n) is 2.51. The van der Waals surface area contributed by atoms with E-state index in [1.54, 1.807) is 7.05 Å². The predicted octanol–water partition coefficient (Wildman–Crippen LogP) is 0.687. The first-order chi connectivity index (χ1) is 7.36. The molecular formula is C12H27N3O. The molecule has 0 spiro atoms. The molecule has 2 unspecified atom stereocenters. The van der Waals surface area contributed by atoms with E-state index in [-0.39, 0.29) is 18.0 Å². The fraction of sp³-hybridized carbons (Fsp3) is 0.917. The van der Waals surface area contributed by atoms with Crippen molar-refractivity contribution < 1.29 is 4.79 Å². The maximum absolute atomic E-state index is 11.8. The summed E-state index contributed by atoms with van der Waals surface area (Å²) in [5, 5.41) is 6.04. The van der Waals surface area contributed by atoms with E-state index >= 15 is 0 Å². The van der Waals surface area contributed by atoms with Crippen molar-refractivity contribution in [1.82, 2.24) is 15.5 Å². The van der Waals surface area contributed by atoms with Crippen LogP contribution in [0, 0.1) is 5.92 Å². The van der Waals surface area contributed by atoms with Crippen LogP contribution in [-0.2, 0) is 4.79 Å². The molecule has 0 aliphatic heterocycles. The van der Waals surface area contributed by atoms with Crippen molar-refractivity contribution in [2.45, 2.75) is 39.3 Å². The number of nitrogens with one attached hydrogen (secondary N) is 2. The summed E-state index contributed by atoms with van der Waals surface area (Å²) in [5.74, 6) is 0.671. The Morgan fingerprint density at radius 2 is 1.81 bits per heavy atom. The third kappa shape index (κ3) is 6.80.